The predicted octanol–water partition coefficient (Wildman–Crippen LogP) is 5.29. The van der Waals surface area contributed by atoms with Gasteiger partial charge in [-0.15, -0.1) is 0 Å². The van der Waals surface area contributed by atoms with E-state index in [1.54, 1.807) is 48.8 Å². The summed E-state index contributed by atoms with van der Waals surface area (Å²) in [6, 6.07) is 12.5. The van der Waals surface area contributed by atoms with Gasteiger partial charge in [0.25, 0.3) is 5.91 Å². The normalized spacial score (nSPS) is 21.0. The Morgan fingerprint density at radius 1 is 1.03 bits per heavy atom. The average Bonchev–Trinajstić information content (AvgIpc) is 3.42. The standard InChI is InChI=1S/C28H26ClN7O3/c1-15(37)16-2-4-18(5-3-16)34-28(39)36-21-7-8-22(36)12-20(11-21)32-25-24(29)14-31-27(35-25)33-19-6-9-23-17(10-19)13-30-26(23)38/h2-6,9-10,13-14,20-22H,7-8,11-12H2,1H3,(H,34,39)(H2,31,32,33,35). The van der Waals surface area contributed by atoms with Crippen molar-refractivity contribution in [3.63, 3.8) is 0 Å². The van der Waals surface area contributed by atoms with Crippen LogP contribution >= 0.6 is 11.6 Å². The monoisotopic (exact) mass is 543 g/mol. The Balaban J connectivity index is 1.10. The third kappa shape index (κ3) is 5.07. The van der Waals surface area contributed by atoms with Crippen LogP contribution in [-0.4, -0.2) is 56.9 Å². The molecule has 198 valence electrons. The van der Waals surface area contributed by atoms with Crippen LogP contribution in [0.3, 0.4) is 0 Å². The molecule has 2 bridgehead atoms. The topological polar surface area (TPSA) is 129 Å². The van der Waals surface area contributed by atoms with E-state index in [2.05, 4.69) is 30.9 Å². The number of nitrogens with zero attached hydrogens (tertiary/aromatic N) is 4. The second-order valence-electron chi connectivity index (χ2n) is 10.0. The number of ketones is 1. The van der Waals surface area contributed by atoms with Gasteiger partial charge in [-0.1, -0.05) is 11.6 Å². The smallest absolute Gasteiger partial charge is 0.322 e. The SMILES string of the molecule is CC(=O)c1ccc(NC(=O)N2C3CCC2CC(Nc2nc(Nc4ccc5c(c4)C=NC5=O)ncc2Cl)C3)cc1. The molecule has 3 aliphatic heterocycles. The molecule has 2 atom stereocenters. The Kier molecular flexibility index (Phi) is 6.48. The first-order valence-corrected chi connectivity index (χ1v) is 13.2. The van der Waals surface area contributed by atoms with Crippen molar-refractivity contribution in [1.29, 1.82) is 0 Å². The molecular weight excluding hydrogens is 518 g/mol. The average molecular weight is 544 g/mol. The van der Waals surface area contributed by atoms with Crippen molar-refractivity contribution >= 4 is 58.7 Å². The highest BCUT2D eigenvalue weighted by molar-refractivity contribution is 6.32. The van der Waals surface area contributed by atoms with E-state index in [0.717, 1.165) is 36.9 Å². The molecule has 2 fully saturated rings. The quantitative estimate of drug-likeness (QED) is 0.360. The van der Waals surface area contributed by atoms with Gasteiger partial charge in [0.15, 0.2) is 11.6 Å². The number of benzene rings is 2. The molecule has 2 saturated heterocycles. The number of rotatable bonds is 6. The van der Waals surface area contributed by atoms with E-state index >= 15 is 0 Å². The Morgan fingerprint density at radius 2 is 1.74 bits per heavy atom. The largest absolute Gasteiger partial charge is 0.366 e. The van der Waals surface area contributed by atoms with Gasteiger partial charge in [0.2, 0.25) is 5.95 Å². The van der Waals surface area contributed by atoms with Gasteiger partial charge in [0.05, 0.1) is 11.8 Å². The van der Waals surface area contributed by atoms with Gasteiger partial charge in [-0.2, -0.15) is 4.98 Å². The first-order valence-electron chi connectivity index (χ1n) is 12.8. The van der Waals surface area contributed by atoms with Crippen molar-refractivity contribution in [2.24, 2.45) is 4.99 Å². The van der Waals surface area contributed by atoms with Gasteiger partial charge in [0, 0.05) is 46.8 Å². The third-order valence-corrected chi connectivity index (χ3v) is 7.73. The molecular formula is C28H26ClN7O3. The molecule has 3 aromatic rings. The molecule has 6 rings (SSSR count). The number of piperidine rings is 1. The summed E-state index contributed by atoms with van der Waals surface area (Å²) in [6.45, 7) is 1.52. The maximum Gasteiger partial charge on any atom is 0.322 e. The molecule has 11 heteroatoms. The molecule has 3 amide bonds. The van der Waals surface area contributed by atoms with E-state index in [1.165, 1.54) is 6.92 Å². The van der Waals surface area contributed by atoms with Crippen molar-refractivity contribution in [1.82, 2.24) is 14.9 Å². The highest BCUT2D eigenvalue weighted by atomic mass is 35.5. The van der Waals surface area contributed by atoms with Crippen LogP contribution in [0.25, 0.3) is 0 Å². The lowest BCUT2D eigenvalue weighted by atomic mass is 9.97. The Bertz CT molecular complexity index is 1490. The van der Waals surface area contributed by atoms with Gasteiger partial charge in [-0.05, 0) is 75.1 Å². The summed E-state index contributed by atoms with van der Waals surface area (Å²) in [5.41, 5.74) is 3.33. The fourth-order valence-electron chi connectivity index (χ4n) is 5.59. The van der Waals surface area contributed by atoms with E-state index in [-0.39, 0.29) is 35.8 Å². The van der Waals surface area contributed by atoms with Crippen LogP contribution in [0.4, 0.5) is 27.9 Å². The molecule has 0 saturated carbocycles. The number of aliphatic imine (C=N–C) groups is 1. The summed E-state index contributed by atoms with van der Waals surface area (Å²) < 4.78 is 0. The lowest BCUT2D eigenvalue weighted by Crippen LogP contribution is -2.51. The number of anilines is 4. The summed E-state index contributed by atoms with van der Waals surface area (Å²) in [5, 5.41) is 10.0. The zero-order valence-electron chi connectivity index (χ0n) is 21.1. The molecule has 10 nitrogen and oxygen atoms in total. The predicted molar refractivity (Wildman–Crippen MR) is 149 cm³/mol. The van der Waals surface area contributed by atoms with E-state index < -0.39 is 0 Å². The van der Waals surface area contributed by atoms with Crippen LogP contribution in [0, 0.1) is 0 Å². The molecule has 3 N–H and O–H groups in total. The summed E-state index contributed by atoms with van der Waals surface area (Å²) >= 11 is 6.43. The summed E-state index contributed by atoms with van der Waals surface area (Å²) in [5.74, 6) is 0.647. The second kappa shape index (κ2) is 10.1. The van der Waals surface area contributed by atoms with Crippen LogP contribution in [-0.2, 0) is 0 Å². The number of fused-ring (bicyclic) bond motifs is 3. The lowest BCUT2D eigenvalue weighted by molar-refractivity contribution is 0.100. The number of carbonyl (C=O) groups excluding carboxylic acids is 3. The van der Waals surface area contributed by atoms with Crippen molar-refractivity contribution in [2.75, 3.05) is 16.0 Å². The van der Waals surface area contributed by atoms with Gasteiger partial charge in [0.1, 0.15) is 5.02 Å². The fourth-order valence-corrected chi connectivity index (χ4v) is 5.74. The maximum atomic E-state index is 13.1. The molecule has 4 heterocycles. The Hall–Kier alpha value is -4.31. The number of halogens is 1. The molecule has 0 aliphatic carbocycles. The van der Waals surface area contributed by atoms with E-state index in [9.17, 15) is 14.4 Å². The minimum atomic E-state index is -0.244. The van der Waals surface area contributed by atoms with Gasteiger partial charge >= 0.3 is 6.03 Å². The minimum absolute atomic E-state index is 0.0110. The number of urea groups is 1. The van der Waals surface area contributed by atoms with Crippen LogP contribution in [0.1, 0.15) is 58.9 Å². The zero-order chi connectivity index (χ0) is 27.1. The van der Waals surface area contributed by atoms with Crippen molar-refractivity contribution < 1.29 is 14.4 Å². The maximum absolute atomic E-state index is 13.1. The highest BCUT2D eigenvalue weighted by Gasteiger charge is 2.43. The molecule has 2 unspecified atom stereocenters. The number of Topliss-reactive ketones (excluding diaryl/α,β-unsaturated/α-hetero) is 1. The number of hydrogen-bond acceptors (Lipinski definition) is 7. The van der Waals surface area contributed by atoms with Gasteiger partial charge in [-0.25, -0.2) is 14.8 Å². The lowest BCUT2D eigenvalue weighted by Gasteiger charge is -2.39. The van der Waals surface area contributed by atoms with Crippen molar-refractivity contribution in [2.45, 2.75) is 50.7 Å². The molecule has 2 aromatic carbocycles. The molecule has 0 radical (unpaired) electrons. The molecule has 1 aromatic heterocycles. The van der Waals surface area contributed by atoms with Crippen LogP contribution in [0.2, 0.25) is 5.02 Å². The zero-order valence-corrected chi connectivity index (χ0v) is 21.9. The number of nitrogens with one attached hydrogen (secondary N) is 3. The number of amides is 3. The molecule has 0 spiro atoms. The molecule has 39 heavy (non-hydrogen) atoms. The number of aromatic nitrogens is 2. The van der Waals surface area contributed by atoms with Crippen LogP contribution in [0.5, 0.6) is 0 Å². The first kappa shape index (κ1) is 25.0. The summed E-state index contributed by atoms with van der Waals surface area (Å²) in [4.78, 5) is 51.0. The van der Waals surface area contributed by atoms with Crippen LogP contribution < -0.4 is 16.0 Å². The number of hydrogen-bond donors (Lipinski definition) is 3. The second-order valence-corrected chi connectivity index (χ2v) is 10.5. The van der Waals surface area contributed by atoms with Gasteiger partial charge in [-0.3, -0.25) is 9.59 Å². The molecule has 3 aliphatic rings. The third-order valence-electron chi connectivity index (χ3n) is 7.45. The van der Waals surface area contributed by atoms with E-state index in [4.69, 9.17) is 11.6 Å². The van der Waals surface area contributed by atoms with Crippen LogP contribution in [0.15, 0.2) is 53.7 Å². The van der Waals surface area contributed by atoms with Gasteiger partial charge < -0.3 is 20.9 Å². The van der Waals surface area contributed by atoms with E-state index in [0.29, 0.717) is 33.6 Å². The minimum Gasteiger partial charge on any atom is -0.366 e. The van der Waals surface area contributed by atoms with Crippen molar-refractivity contribution in [3.05, 3.63) is 70.4 Å². The highest BCUT2D eigenvalue weighted by Crippen LogP contribution is 2.38. The summed E-state index contributed by atoms with van der Waals surface area (Å²) in [6.07, 6.45) is 6.51. The summed E-state index contributed by atoms with van der Waals surface area (Å²) in [7, 11) is 0. The number of carbonyl (C=O) groups is 3. The Labute approximate surface area is 229 Å². The first-order chi connectivity index (χ1) is 18.8. The van der Waals surface area contributed by atoms with E-state index in [1.807, 2.05) is 11.0 Å². The fraction of sp³-hybridized carbons (Fsp3) is 0.286. The van der Waals surface area contributed by atoms with Crippen molar-refractivity contribution in [3.8, 4) is 0 Å². The Morgan fingerprint density at radius 3 is 2.46 bits per heavy atom.